The smallest absolute Gasteiger partial charge is 0.319 e. The van der Waals surface area contributed by atoms with Crippen molar-refractivity contribution in [3.8, 4) is 17.3 Å². The molecule has 5 heterocycles. The Bertz CT molecular complexity index is 1800. The first-order chi connectivity index (χ1) is 22.3. The van der Waals surface area contributed by atoms with E-state index in [1.807, 2.05) is 4.90 Å². The summed E-state index contributed by atoms with van der Waals surface area (Å²) in [6, 6.07) is 2.35. The van der Waals surface area contributed by atoms with Crippen LogP contribution in [0.1, 0.15) is 12.8 Å². The highest BCUT2D eigenvalue weighted by atomic mass is 32.1. The summed E-state index contributed by atoms with van der Waals surface area (Å²) in [4.78, 5) is 34.5. The predicted octanol–water partition coefficient (Wildman–Crippen LogP) is 3.16. The molecule has 7 rings (SSSR count). The topological polar surface area (TPSA) is 141 Å². The van der Waals surface area contributed by atoms with Crippen LogP contribution in [0.15, 0.2) is 31.0 Å². The fourth-order valence-electron chi connectivity index (χ4n) is 6.02. The first-order valence-corrected chi connectivity index (χ1v) is 16.0. The Morgan fingerprint density at radius 1 is 1.15 bits per heavy atom. The molecule has 3 N–H and O–H groups in total. The maximum Gasteiger partial charge on any atom is 0.319 e. The SMILES string of the molecule is C=CC(=O)N[C@@H]1COCCN(c2nc(OCC3(CN4CCOCC4)CC3)nc3c(F)c(-c4ccc(F)c5sc(N)nc45)ncc23)C1. The molecule has 1 atom stereocenters. The standard InChI is InChI=1S/C31H34F2N8O4S/c1-2-22(42)36-18-14-41(9-12-44-15-18)28-20-13-35-24(19-3-4-21(32)27-26(19)37-29(34)46-27)23(33)25(20)38-30(39-28)45-17-31(5-6-31)16-40-7-10-43-11-8-40/h2-4,13,18H,1,5-12,14-17H2,(H2,34,37)(H,36,42)/t18-/m0/s1. The number of amides is 1. The lowest BCUT2D eigenvalue weighted by molar-refractivity contribution is -0.117. The van der Waals surface area contributed by atoms with Crippen molar-refractivity contribution in [1.82, 2.24) is 30.2 Å². The Morgan fingerprint density at radius 3 is 2.74 bits per heavy atom. The van der Waals surface area contributed by atoms with Gasteiger partial charge in [0, 0.05) is 49.9 Å². The normalized spacial score (nSPS) is 20.0. The van der Waals surface area contributed by atoms with Crippen LogP contribution < -0.4 is 20.7 Å². The summed E-state index contributed by atoms with van der Waals surface area (Å²) in [7, 11) is 0. The third-order valence-corrected chi connectivity index (χ3v) is 9.53. The van der Waals surface area contributed by atoms with Gasteiger partial charge in [0.15, 0.2) is 10.9 Å². The number of rotatable bonds is 9. The molecule has 1 aromatic carbocycles. The van der Waals surface area contributed by atoms with Crippen molar-refractivity contribution in [2.24, 2.45) is 5.41 Å². The minimum atomic E-state index is -0.720. The van der Waals surface area contributed by atoms with Crippen molar-refractivity contribution in [2.45, 2.75) is 18.9 Å². The van der Waals surface area contributed by atoms with Gasteiger partial charge in [-0.25, -0.2) is 13.8 Å². The first kappa shape index (κ1) is 30.6. The second kappa shape index (κ2) is 12.6. The third-order valence-electron chi connectivity index (χ3n) is 8.63. The Morgan fingerprint density at radius 2 is 1.96 bits per heavy atom. The number of halogens is 2. The number of nitrogens with one attached hydrogen (secondary N) is 1. The lowest BCUT2D eigenvalue weighted by Gasteiger charge is -2.30. The van der Waals surface area contributed by atoms with E-state index < -0.39 is 11.6 Å². The van der Waals surface area contributed by atoms with Gasteiger partial charge in [0.05, 0.1) is 54.7 Å². The number of ether oxygens (including phenoxy) is 3. The van der Waals surface area contributed by atoms with E-state index in [0.717, 1.165) is 43.8 Å². The van der Waals surface area contributed by atoms with Crippen molar-refractivity contribution < 1.29 is 27.8 Å². The first-order valence-electron chi connectivity index (χ1n) is 15.2. The number of aromatic nitrogens is 4. The molecular weight excluding hydrogens is 618 g/mol. The summed E-state index contributed by atoms with van der Waals surface area (Å²) in [5.41, 5.74) is 6.34. The second-order valence-electron chi connectivity index (χ2n) is 11.9. The molecule has 2 saturated heterocycles. The predicted molar refractivity (Wildman–Crippen MR) is 170 cm³/mol. The number of hydrogen-bond acceptors (Lipinski definition) is 12. The minimum absolute atomic E-state index is 0.000505. The van der Waals surface area contributed by atoms with E-state index in [2.05, 4.69) is 31.7 Å². The molecule has 0 spiro atoms. The quantitative estimate of drug-likeness (QED) is 0.258. The van der Waals surface area contributed by atoms with E-state index >= 15 is 4.39 Å². The number of pyridine rings is 1. The van der Waals surface area contributed by atoms with E-state index in [0.29, 0.717) is 62.9 Å². The van der Waals surface area contributed by atoms with E-state index in [-0.39, 0.29) is 49.9 Å². The number of benzene rings is 1. The van der Waals surface area contributed by atoms with Crippen LogP contribution >= 0.6 is 11.3 Å². The molecule has 4 aromatic rings. The molecule has 3 aromatic heterocycles. The number of nitrogen functional groups attached to an aromatic ring is 1. The lowest BCUT2D eigenvalue weighted by Crippen LogP contribution is -2.44. The molecule has 12 nitrogen and oxygen atoms in total. The highest BCUT2D eigenvalue weighted by molar-refractivity contribution is 7.22. The number of nitrogens with two attached hydrogens (primary N) is 1. The molecule has 0 unspecified atom stereocenters. The van der Waals surface area contributed by atoms with Gasteiger partial charge in [0.2, 0.25) is 5.91 Å². The van der Waals surface area contributed by atoms with Crippen molar-refractivity contribution in [3.05, 3.63) is 42.6 Å². The molecule has 46 heavy (non-hydrogen) atoms. The maximum atomic E-state index is 16.6. The summed E-state index contributed by atoms with van der Waals surface area (Å²) < 4.78 is 48.9. The fourth-order valence-corrected chi connectivity index (χ4v) is 6.79. The molecule has 1 amide bonds. The number of carbonyl (C=O) groups excluding carboxylic acids is 1. The van der Waals surface area contributed by atoms with Gasteiger partial charge in [-0.2, -0.15) is 9.97 Å². The number of hydrogen-bond donors (Lipinski definition) is 2. The molecule has 2 aliphatic heterocycles. The molecule has 1 saturated carbocycles. The Balaban J connectivity index is 1.27. The van der Waals surface area contributed by atoms with Gasteiger partial charge >= 0.3 is 6.01 Å². The van der Waals surface area contributed by atoms with E-state index in [9.17, 15) is 9.18 Å². The van der Waals surface area contributed by atoms with Crippen LogP contribution in [0.5, 0.6) is 6.01 Å². The summed E-state index contributed by atoms with van der Waals surface area (Å²) in [5, 5.41) is 3.40. The van der Waals surface area contributed by atoms with Crippen LogP contribution in [-0.2, 0) is 14.3 Å². The van der Waals surface area contributed by atoms with E-state index in [1.54, 1.807) is 0 Å². The van der Waals surface area contributed by atoms with Crippen LogP contribution in [0.25, 0.3) is 32.4 Å². The van der Waals surface area contributed by atoms with Crippen molar-refractivity contribution in [3.63, 3.8) is 0 Å². The van der Waals surface area contributed by atoms with Gasteiger partial charge in [0.1, 0.15) is 22.8 Å². The Kier molecular flexibility index (Phi) is 8.40. The molecule has 3 fully saturated rings. The molecule has 15 heteroatoms. The van der Waals surface area contributed by atoms with Crippen LogP contribution in [0.3, 0.4) is 0 Å². The summed E-state index contributed by atoms with van der Waals surface area (Å²) in [6.45, 7) is 9.39. The molecule has 242 valence electrons. The molecule has 3 aliphatic rings. The van der Waals surface area contributed by atoms with E-state index in [1.165, 1.54) is 24.4 Å². The minimum Gasteiger partial charge on any atom is -0.463 e. The molecular formula is C31H34F2N8O4S. The van der Waals surface area contributed by atoms with Gasteiger partial charge in [-0.1, -0.05) is 17.9 Å². The summed E-state index contributed by atoms with van der Waals surface area (Å²) >= 11 is 0.987. The number of fused-ring (bicyclic) bond motifs is 2. The Labute approximate surface area is 267 Å². The highest BCUT2D eigenvalue weighted by Gasteiger charge is 2.45. The second-order valence-corrected chi connectivity index (χ2v) is 13.0. The Hall–Kier alpha value is -4.05. The largest absolute Gasteiger partial charge is 0.463 e. The van der Waals surface area contributed by atoms with Crippen LogP contribution in [0.4, 0.5) is 19.7 Å². The highest BCUT2D eigenvalue weighted by Crippen LogP contribution is 2.47. The van der Waals surface area contributed by atoms with Gasteiger partial charge in [-0.3, -0.25) is 14.7 Å². The van der Waals surface area contributed by atoms with Gasteiger partial charge in [-0.15, -0.1) is 0 Å². The molecule has 0 radical (unpaired) electrons. The average molecular weight is 653 g/mol. The van der Waals surface area contributed by atoms with Crippen molar-refractivity contribution >= 4 is 49.3 Å². The number of morpholine rings is 1. The van der Waals surface area contributed by atoms with Gasteiger partial charge in [-0.05, 0) is 31.1 Å². The monoisotopic (exact) mass is 652 g/mol. The summed E-state index contributed by atoms with van der Waals surface area (Å²) in [5.74, 6) is -1.14. The van der Waals surface area contributed by atoms with Gasteiger partial charge in [0.25, 0.3) is 0 Å². The average Bonchev–Trinajstić information content (AvgIpc) is 3.77. The summed E-state index contributed by atoms with van der Waals surface area (Å²) in [6.07, 6.45) is 4.73. The van der Waals surface area contributed by atoms with Crippen LogP contribution in [-0.4, -0.2) is 103 Å². The number of carbonyl (C=O) groups is 1. The van der Waals surface area contributed by atoms with Crippen LogP contribution in [0, 0.1) is 17.0 Å². The molecule has 0 bridgehead atoms. The zero-order valence-corrected chi connectivity index (χ0v) is 26.0. The number of anilines is 2. The fraction of sp³-hybridized carbons (Fsp3) is 0.452. The van der Waals surface area contributed by atoms with Gasteiger partial charge < -0.3 is 30.2 Å². The van der Waals surface area contributed by atoms with E-state index in [4.69, 9.17) is 24.9 Å². The maximum absolute atomic E-state index is 16.6. The zero-order chi connectivity index (χ0) is 31.8. The molecule has 1 aliphatic carbocycles. The van der Waals surface area contributed by atoms with Crippen molar-refractivity contribution in [2.75, 3.05) is 76.4 Å². The van der Waals surface area contributed by atoms with Crippen LogP contribution in [0.2, 0.25) is 0 Å². The zero-order valence-electron chi connectivity index (χ0n) is 25.1. The number of nitrogens with zero attached hydrogens (tertiary/aromatic N) is 6. The van der Waals surface area contributed by atoms with Crippen molar-refractivity contribution in [1.29, 1.82) is 0 Å². The lowest BCUT2D eigenvalue weighted by atomic mass is 10.1. The third kappa shape index (κ3) is 6.19. The number of thiazole rings is 1.